The third-order valence-corrected chi connectivity index (χ3v) is 2.92. The molecule has 1 N–H and O–H groups in total. The van der Waals surface area contributed by atoms with Gasteiger partial charge in [0.25, 0.3) is 0 Å². The average molecular weight is 205 g/mol. The van der Waals surface area contributed by atoms with Gasteiger partial charge in [-0.05, 0) is 31.9 Å². The molecule has 2 atom stereocenters. The summed E-state index contributed by atoms with van der Waals surface area (Å²) in [4.78, 5) is 0. The van der Waals surface area contributed by atoms with Crippen molar-refractivity contribution in [3.05, 3.63) is 35.9 Å². The summed E-state index contributed by atoms with van der Waals surface area (Å²) in [5.41, 5.74) is 1.27. The molecule has 1 saturated heterocycles. The highest BCUT2D eigenvalue weighted by atomic mass is 16.5. The number of rotatable bonds is 3. The maximum absolute atomic E-state index is 6.01. The molecule has 1 aliphatic heterocycles. The molecular weight excluding hydrogens is 186 g/mol. The highest BCUT2D eigenvalue weighted by Crippen LogP contribution is 2.20. The Hall–Kier alpha value is -0.860. The molecule has 0 aliphatic carbocycles. The van der Waals surface area contributed by atoms with Crippen molar-refractivity contribution in [3.63, 3.8) is 0 Å². The van der Waals surface area contributed by atoms with Crippen LogP contribution < -0.4 is 5.32 Å². The molecule has 0 spiro atoms. The summed E-state index contributed by atoms with van der Waals surface area (Å²) in [7, 11) is 0. The van der Waals surface area contributed by atoms with Crippen molar-refractivity contribution in [1.29, 1.82) is 0 Å². The van der Waals surface area contributed by atoms with Gasteiger partial charge in [-0.2, -0.15) is 0 Å². The summed E-state index contributed by atoms with van der Waals surface area (Å²) in [5, 5.41) is 3.37. The SMILES string of the molecule is C[C@H](O[C@H]1CCCNC1)c1ccccc1. The van der Waals surface area contributed by atoms with Crippen LogP contribution in [-0.4, -0.2) is 19.2 Å². The first-order chi connectivity index (χ1) is 7.36. The Kier molecular flexibility index (Phi) is 3.75. The number of ether oxygens (including phenoxy) is 1. The smallest absolute Gasteiger partial charge is 0.0801 e. The van der Waals surface area contributed by atoms with E-state index in [0.717, 1.165) is 13.1 Å². The fourth-order valence-corrected chi connectivity index (χ4v) is 2.03. The van der Waals surface area contributed by atoms with Crippen molar-refractivity contribution >= 4 is 0 Å². The first-order valence-corrected chi connectivity index (χ1v) is 5.77. The van der Waals surface area contributed by atoms with Gasteiger partial charge in [-0.25, -0.2) is 0 Å². The van der Waals surface area contributed by atoms with Crippen molar-refractivity contribution < 1.29 is 4.74 Å². The fraction of sp³-hybridized carbons (Fsp3) is 0.538. The van der Waals surface area contributed by atoms with Crippen molar-refractivity contribution in [3.8, 4) is 0 Å². The normalized spacial score (nSPS) is 23.7. The topological polar surface area (TPSA) is 21.3 Å². The van der Waals surface area contributed by atoms with Crippen molar-refractivity contribution in [1.82, 2.24) is 5.32 Å². The van der Waals surface area contributed by atoms with Crippen LogP contribution >= 0.6 is 0 Å². The van der Waals surface area contributed by atoms with E-state index in [1.54, 1.807) is 0 Å². The third kappa shape index (κ3) is 3.05. The Bertz CT molecular complexity index is 280. The Morgan fingerprint density at radius 1 is 1.33 bits per heavy atom. The molecule has 2 rings (SSSR count). The van der Waals surface area contributed by atoms with E-state index in [-0.39, 0.29) is 6.10 Å². The molecule has 2 heteroatoms. The lowest BCUT2D eigenvalue weighted by Gasteiger charge is -2.26. The first kappa shape index (κ1) is 10.7. The van der Waals surface area contributed by atoms with Crippen LogP contribution in [0.5, 0.6) is 0 Å². The van der Waals surface area contributed by atoms with Crippen LogP contribution in [0, 0.1) is 0 Å². The van der Waals surface area contributed by atoms with Crippen molar-refractivity contribution in [2.75, 3.05) is 13.1 Å². The van der Waals surface area contributed by atoms with Crippen LogP contribution in [0.25, 0.3) is 0 Å². The minimum Gasteiger partial charge on any atom is -0.369 e. The molecule has 2 nitrogen and oxygen atoms in total. The monoisotopic (exact) mass is 205 g/mol. The molecular formula is C13H19NO. The van der Waals surface area contributed by atoms with Gasteiger partial charge in [-0.3, -0.25) is 0 Å². The lowest BCUT2D eigenvalue weighted by molar-refractivity contribution is -0.0149. The van der Waals surface area contributed by atoms with Gasteiger partial charge in [-0.15, -0.1) is 0 Å². The molecule has 1 aromatic carbocycles. The summed E-state index contributed by atoms with van der Waals surface area (Å²) in [6, 6.07) is 10.4. The molecule has 0 bridgehead atoms. The number of hydrogen-bond acceptors (Lipinski definition) is 2. The van der Waals surface area contributed by atoms with E-state index in [1.165, 1.54) is 18.4 Å². The highest BCUT2D eigenvalue weighted by molar-refractivity contribution is 5.16. The molecule has 0 radical (unpaired) electrons. The van der Waals surface area contributed by atoms with Crippen LogP contribution in [-0.2, 0) is 4.74 Å². The second kappa shape index (κ2) is 5.29. The summed E-state index contributed by atoms with van der Waals surface area (Å²) < 4.78 is 6.01. The summed E-state index contributed by atoms with van der Waals surface area (Å²) in [6.45, 7) is 4.26. The molecule has 82 valence electrons. The molecule has 1 fully saturated rings. The second-order valence-electron chi connectivity index (χ2n) is 4.16. The molecule has 15 heavy (non-hydrogen) atoms. The molecule has 0 unspecified atom stereocenters. The van der Waals surface area contributed by atoms with Crippen molar-refractivity contribution in [2.24, 2.45) is 0 Å². The van der Waals surface area contributed by atoms with Gasteiger partial charge in [0.2, 0.25) is 0 Å². The van der Waals surface area contributed by atoms with Gasteiger partial charge < -0.3 is 10.1 Å². The molecule has 1 aliphatic rings. The summed E-state index contributed by atoms with van der Waals surface area (Å²) >= 11 is 0. The summed E-state index contributed by atoms with van der Waals surface area (Å²) in [6.07, 6.45) is 3.00. The predicted molar refractivity (Wildman–Crippen MR) is 61.8 cm³/mol. The molecule has 1 heterocycles. The fourth-order valence-electron chi connectivity index (χ4n) is 2.03. The summed E-state index contributed by atoms with van der Waals surface area (Å²) in [5.74, 6) is 0. The molecule has 0 amide bonds. The third-order valence-electron chi connectivity index (χ3n) is 2.92. The Morgan fingerprint density at radius 2 is 2.13 bits per heavy atom. The number of piperidine rings is 1. The zero-order chi connectivity index (χ0) is 10.5. The Balaban J connectivity index is 1.88. The predicted octanol–water partition coefficient (Wildman–Crippen LogP) is 2.52. The van der Waals surface area contributed by atoms with E-state index in [2.05, 4.69) is 36.5 Å². The van der Waals surface area contributed by atoms with Crippen LogP contribution in [0.3, 0.4) is 0 Å². The Labute approximate surface area is 91.6 Å². The van der Waals surface area contributed by atoms with E-state index in [1.807, 2.05) is 6.07 Å². The average Bonchev–Trinajstić information content (AvgIpc) is 2.31. The maximum Gasteiger partial charge on any atom is 0.0801 e. The standard InChI is InChI=1S/C13H19NO/c1-11(12-6-3-2-4-7-12)15-13-8-5-9-14-10-13/h2-4,6-7,11,13-14H,5,8-10H2,1H3/t11-,13-/m0/s1. The number of nitrogens with one attached hydrogen (secondary N) is 1. The quantitative estimate of drug-likeness (QED) is 0.818. The minimum absolute atomic E-state index is 0.205. The first-order valence-electron chi connectivity index (χ1n) is 5.77. The van der Waals surface area contributed by atoms with Crippen molar-refractivity contribution in [2.45, 2.75) is 32.0 Å². The molecule has 1 aromatic rings. The zero-order valence-corrected chi connectivity index (χ0v) is 9.28. The van der Waals surface area contributed by atoms with Crippen LogP contribution in [0.15, 0.2) is 30.3 Å². The van der Waals surface area contributed by atoms with Gasteiger partial charge in [-0.1, -0.05) is 30.3 Å². The molecule has 0 saturated carbocycles. The van der Waals surface area contributed by atoms with Crippen LogP contribution in [0.2, 0.25) is 0 Å². The van der Waals surface area contributed by atoms with Gasteiger partial charge in [0.15, 0.2) is 0 Å². The van der Waals surface area contributed by atoms with Crippen LogP contribution in [0.1, 0.15) is 31.4 Å². The van der Waals surface area contributed by atoms with E-state index in [0.29, 0.717) is 6.10 Å². The van der Waals surface area contributed by atoms with E-state index >= 15 is 0 Å². The van der Waals surface area contributed by atoms with E-state index < -0.39 is 0 Å². The maximum atomic E-state index is 6.01. The Morgan fingerprint density at radius 3 is 2.80 bits per heavy atom. The lowest BCUT2D eigenvalue weighted by Crippen LogP contribution is -2.35. The van der Waals surface area contributed by atoms with Crippen LogP contribution in [0.4, 0.5) is 0 Å². The van der Waals surface area contributed by atoms with E-state index in [4.69, 9.17) is 4.74 Å². The second-order valence-corrected chi connectivity index (χ2v) is 4.16. The largest absolute Gasteiger partial charge is 0.369 e. The van der Waals surface area contributed by atoms with E-state index in [9.17, 15) is 0 Å². The zero-order valence-electron chi connectivity index (χ0n) is 9.28. The highest BCUT2D eigenvalue weighted by Gasteiger charge is 2.16. The number of hydrogen-bond donors (Lipinski definition) is 1. The minimum atomic E-state index is 0.205. The lowest BCUT2D eigenvalue weighted by atomic mass is 10.1. The van der Waals surface area contributed by atoms with Gasteiger partial charge >= 0.3 is 0 Å². The van der Waals surface area contributed by atoms with Gasteiger partial charge in [0.05, 0.1) is 12.2 Å². The molecule has 0 aromatic heterocycles. The van der Waals surface area contributed by atoms with Gasteiger partial charge in [0, 0.05) is 6.54 Å². The van der Waals surface area contributed by atoms with Gasteiger partial charge in [0.1, 0.15) is 0 Å². The number of benzene rings is 1.